The van der Waals surface area contributed by atoms with E-state index >= 15 is 0 Å². The molecule has 2 atom stereocenters. The fraction of sp³-hybridized carbons (Fsp3) is 0.235. The zero-order valence-electron chi connectivity index (χ0n) is 22.6. The zero-order valence-corrected chi connectivity index (χ0v) is 23.3. The van der Waals surface area contributed by atoms with Crippen molar-refractivity contribution in [2.45, 2.75) is 44.8 Å². The summed E-state index contributed by atoms with van der Waals surface area (Å²) in [5.41, 5.74) is 6.03. The lowest BCUT2D eigenvalue weighted by atomic mass is 9.85. The van der Waals surface area contributed by atoms with Crippen molar-refractivity contribution in [3.05, 3.63) is 130 Å². The summed E-state index contributed by atoms with van der Waals surface area (Å²) < 4.78 is 6.64. The number of carbonyl (C=O) groups excluding carboxylic acids is 1. The summed E-state index contributed by atoms with van der Waals surface area (Å²) in [6.45, 7) is 2.69. The minimum atomic E-state index is -0.946. The maximum absolute atomic E-state index is 12.5. The van der Waals surface area contributed by atoms with Gasteiger partial charge in [0.2, 0.25) is 0 Å². The Balaban J connectivity index is 1.54. The molecule has 0 saturated heterocycles. The van der Waals surface area contributed by atoms with E-state index in [9.17, 15) is 9.59 Å². The van der Waals surface area contributed by atoms with Crippen LogP contribution in [0.2, 0.25) is 5.02 Å². The summed E-state index contributed by atoms with van der Waals surface area (Å²) in [7, 11) is 0. The molecular weight excluding hydrogens is 522 g/mol. The molecule has 6 heteroatoms. The smallest absolute Gasteiger partial charge is 0.305 e. The molecule has 4 rings (SSSR count). The van der Waals surface area contributed by atoms with Gasteiger partial charge in [-0.2, -0.15) is 0 Å². The highest BCUT2D eigenvalue weighted by Crippen LogP contribution is 2.39. The first-order chi connectivity index (χ1) is 19.4. The molecular formula is C34H34ClNO4. The van der Waals surface area contributed by atoms with Crippen molar-refractivity contribution in [1.82, 2.24) is 5.32 Å². The highest BCUT2D eigenvalue weighted by Gasteiger charge is 2.26. The molecule has 0 saturated carbocycles. The van der Waals surface area contributed by atoms with Crippen LogP contribution in [0.5, 0.6) is 0 Å². The third-order valence-electron chi connectivity index (χ3n) is 6.88. The first-order valence-electron chi connectivity index (χ1n) is 13.6. The van der Waals surface area contributed by atoms with Crippen molar-refractivity contribution in [3.63, 3.8) is 0 Å². The number of benzene rings is 4. The monoisotopic (exact) mass is 555 g/mol. The number of ether oxygens (including phenoxy) is 1. The topological polar surface area (TPSA) is 75.6 Å². The summed E-state index contributed by atoms with van der Waals surface area (Å²) in [5.74, 6) is -1.18. The molecule has 1 amide bonds. The van der Waals surface area contributed by atoms with Crippen LogP contribution in [0, 0.1) is 0 Å². The van der Waals surface area contributed by atoms with Gasteiger partial charge in [-0.3, -0.25) is 9.59 Å². The molecule has 4 aromatic rings. The van der Waals surface area contributed by atoms with Crippen molar-refractivity contribution in [3.8, 4) is 11.1 Å². The van der Waals surface area contributed by atoms with Crippen LogP contribution in [0.3, 0.4) is 0 Å². The van der Waals surface area contributed by atoms with Crippen LogP contribution >= 0.6 is 11.6 Å². The predicted octanol–water partition coefficient (Wildman–Crippen LogP) is 8.05. The molecule has 0 bridgehead atoms. The summed E-state index contributed by atoms with van der Waals surface area (Å²) in [5, 5.41) is 12.1. The zero-order chi connectivity index (χ0) is 28.3. The van der Waals surface area contributed by atoms with Gasteiger partial charge in [0.1, 0.15) is 0 Å². The van der Waals surface area contributed by atoms with E-state index in [1.54, 1.807) is 12.1 Å². The molecule has 4 aromatic carbocycles. The molecule has 0 fully saturated rings. The summed E-state index contributed by atoms with van der Waals surface area (Å²) in [6.07, 6.45) is 1.52. The Morgan fingerprint density at radius 1 is 0.825 bits per heavy atom. The number of carboxylic acid groups (broad SMARTS) is 1. The molecule has 40 heavy (non-hydrogen) atoms. The number of nitrogens with one attached hydrogen (secondary N) is 1. The molecule has 0 spiro atoms. The molecule has 0 aliphatic rings. The second kappa shape index (κ2) is 14.5. The van der Waals surface area contributed by atoms with Crippen molar-refractivity contribution in [1.29, 1.82) is 0 Å². The highest BCUT2D eigenvalue weighted by atomic mass is 35.5. The van der Waals surface area contributed by atoms with E-state index in [0.717, 1.165) is 35.1 Å². The highest BCUT2D eigenvalue weighted by molar-refractivity contribution is 6.30. The van der Waals surface area contributed by atoms with E-state index < -0.39 is 5.97 Å². The van der Waals surface area contributed by atoms with E-state index in [1.165, 1.54) is 5.56 Å². The lowest BCUT2D eigenvalue weighted by Gasteiger charge is -2.28. The normalized spacial score (nSPS) is 12.4. The predicted molar refractivity (Wildman–Crippen MR) is 160 cm³/mol. The van der Waals surface area contributed by atoms with Gasteiger partial charge < -0.3 is 15.2 Å². The molecule has 0 radical (unpaired) electrons. The van der Waals surface area contributed by atoms with Crippen LogP contribution in [0.4, 0.5) is 0 Å². The molecule has 0 aliphatic heterocycles. The number of aliphatic carboxylic acids is 1. The van der Waals surface area contributed by atoms with Crippen LogP contribution in [0.1, 0.15) is 65.3 Å². The third kappa shape index (κ3) is 8.04. The SMILES string of the molecule is CCCC(c1ccc(C(=O)NCCC(=O)O)cc1)C(OCc1ccc(-c2ccccc2)cc1)c1ccc(Cl)cc1. The van der Waals surface area contributed by atoms with Gasteiger partial charge in [-0.15, -0.1) is 0 Å². The fourth-order valence-corrected chi connectivity index (χ4v) is 4.90. The van der Waals surface area contributed by atoms with Crippen LogP contribution in [-0.4, -0.2) is 23.5 Å². The van der Waals surface area contributed by atoms with E-state index in [4.69, 9.17) is 21.4 Å². The van der Waals surface area contributed by atoms with Gasteiger partial charge in [-0.05, 0) is 58.5 Å². The lowest BCUT2D eigenvalue weighted by Crippen LogP contribution is -2.26. The Labute approximate surface area is 240 Å². The minimum Gasteiger partial charge on any atom is -0.481 e. The summed E-state index contributed by atoms with van der Waals surface area (Å²) in [6, 6.07) is 34.0. The molecule has 0 heterocycles. The van der Waals surface area contributed by atoms with Gasteiger partial charge >= 0.3 is 5.97 Å². The van der Waals surface area contributed by atoms with Gasteiger partial charge in [0.15, 0.2) is 0 Å². The van der Waals surface area contributed by atoms with Gasteiger partial charge in [-0.25, -0.2) is 0 Å². The molecule has 0 aliphatic carbocycles. The average molecular weight is 556 g/mol. The van der Waals surface area contributed by atoms with Gasteiger partial charge in [0, 0.05) is 23.0 Å². The number of carbonyl (C=O) groups is 2. The second-order valence-electron chi connectivity index (χ2n) is 9.76. The lowest BCUT2D eigenvalue weighted by molar-refractivity contribution is -0.136. The van der Waals surface area contributed by atoms with E-state index in [0.29, 0.717) is 17.2 Å². The molecule has 2 unspecified atom stereocenters. The van der Waals surface area contributed by atoms with Crippen molar-refractivity contribution < 1.29 is 19.4 Å². The Bertz CT molecular complexity index is 1370. The maximum Gasteiger partial charge on any atom is 0.305 e. The van der Waals surface area contributed by atoms with Crippen LogP contribution in [0.15, 0.2) is 103 Å². The first kappa shape index (κ1) is 29.1. The van der Waals surface area contributed by atoms with Crippen molar-refractivity contribution in [2.75, 3.05) is 6.54 Å². The first-order valence-corrected chi connectivity index (χ1v) is 13.9. The number of rotatable bonds is 13. The summed E-state index contributed by atoms with van der Waals surface area (Å²) >= 11 is 6.20. The number of hydrogen-bond acceptors (Lipinski definition) is 3. The number of hydrogen-bond donors (Lipinski definition) is 2. The van der Waals surface area contributed by atoms with Gasteiger partial charge in [0.05, 0.1) is 19.1 Å². The Kier molecular flexibility index (Phi) is 10.5. The molecule has 206 valence electrons. The van der Waals surface area contributed by atoms with E-state index in [2.05, 4.69) is 48.6 Å². The third-order valence-corrected chi connectivity index (χ3v) is 7.13. The van der Waals surface area contributed by atoms with Gasteiger partial charge in [-0.1, -0.05) is 104 Å². The second-order valence-corrected chi connectivity index (χ2v) is 10.2. The van der Waals surface area contributed by atoms with E-state index in [-0.39, 0.29) is 30.9 Å². The number of halogens is 1. The molecule has 5 nitrogen and oxygen atoms in total. The fourth-order valence-electron chi connectivity index (χ4n) is 4.78. The maximum atomic E-state index is 12.5. The summed E-state index contributed by atoms with van der Waals surface area (Å²) in [4.78, 5) is 23.2. The van der Waals surface area contributed by atoms with Crippen LogP contribution in [-0.2, 0) is 16.1 Å². The Morgan fingerprint density at radius 2 is 1.45 bits per heavy atom. The molecule has 2 N–H and O–H groups in total. The van der Waals surface area contributed by atoms with Crippen molar-refractivity contribution >= 4 is 23.5 Å². The van der Waals surface area contributed by atoms with Crippen molar-refractivity contribution in [2.24, 2.45) is 0 Å². The van der Waals surface area contributed by atoms with E-state index in [1.807, 2.05) is 54.6 Å². The quantitative estimate of drug-likeness (QED) is 0.175. The largest absolute Gasteiger partial charge is 0.481 e. The number of amides is 1. The van der Waals surface area contributed by atoms with Crippen LogP contribution < -0.4 is 5.32 Å². The number of carboxylic acids is 1. The average Bonchev–Trinajstić information content (AvgIpc) is 2.98. The van der Waals surface area contributed by atoms with Gasteiger partial charge in [0.25, 0.3) is 5.91 Å². The van der Waals surface area contributed by atoms with Crippen LogP contribution in [0.25, 0.3) is 11.1 Å². The minimum absolute atomic E-state index is 0.0545. The molecule has 0 aromatic heterocycles. The Hall–Kier alpha value is -3.93. The Morgan fingerprint density at radius 3 is 2.08 bits per heavy atom. The standard InChI is InChI=1S/C34H34ClNO4/c1-2-6-31(27-13-15-29(16-14-27)34(39)36-22-21-32(37)38)33(28-17-19-30(35)20-18-28)40-23-24-9-11-26(12-10-24)25-7-4-3-5-8-25/h3-5,7-20,31,33H,2,6,21-23H2,1H3,(H,36,39)(H,37,38).